The molecule has 0 aromatic rings. The van der Waals surface area contributed by atoms with E-state index in [9.17, 15) is 0 Å². The molecule has 11 heavy (non-hydrogen) atoms. The van der Waals surface area contributed by atoms with E-state index in [-0.39, 0.29) is 20.1 Å². The predicted molar refractivity (Wildman–Crippen MR) is 49.9 cm³/mol. The molecule has 2 radical (unpaired) electrons. The second-order valence-electron chi connectivity index (χ2n) is 3.12. The van der Waals surface area contributed by atoms with Crippen molar-refractivity contribution in [3.63, 3.8) is 0 Å². The van der Waals surface area contributed by atoms with E-state index in [4.69, 9.17) is 0 Å². The molecule has 0 heterocycles. The first-order valence-corrected chi connectivity index (χ1v) is 3.75. The molecule has 0 saturated carbocycles. The second kappa shape index (κ2) is 3.69. The van der Waals surface area contributed by atoms with Gasteiger partial charge < -0.3 is 0 Å². The Morgan fingerprint density at radius 1 is 0.545 bits per heavy atom. The van der Waals surface area contributed by atoms with Gasteiger partial charge in [-0.3, -0.25) is 0 Å². The summed E-state index contributed by atoms with van der Waals surface area (Å²) in [6, 6.07) is 0. The third kappa shape index (κ3) is 1.65. The van der Waals surface area contributed by atoms with Crippen molar-refractivity contribution in [3.8, 4) is 0 Å². The van der Waals surface area contributed by atoms with Crippen LogP contribution in [-0.4, -0.2) is 0 Å². The Balaban J connectivity index is 0.000001000. The standard InChI is InChI=1S/C10H15.Ir.3H/c1-6-7(2)9(4)10(5)8(6)3;;;;/h1-5H3;;;;. The normalized spacial score (nSPS) is 19.4. The average molecular weight is 330 g/mol. The van der Waals surface area contributed by atoms with Crippen molar-refractivity contribution < 1.29 is 20.1 Å². The van der Waals surface area contributed by atoms with Crippen LogP contribution >= 0.6 is 0 Å². The van der Waals surface area contributed by atoms with Crippen LogP contribution < -0.4 is 0 Å². The van der Waals surface area contributed by atoms with Crippen LogP contribution in [0.15, 0.2) is 22.3 Å². The zero-order chi connectivity index (χ0) is 7.89. The molecule has 0 aliphatic heterocycles. The molecule has 0 atom stereocenters. The van der Waals surface area contributed by atoms with Gasteiger partial charge in [-0.05, 0) is 38.8 Å². The summed E-state index contributed by atoms with van der Waals surface area (Å²) in [7, 11) is 0. The van der Waals surface area contributed by atoms with Gasteiger partial charge in [0.15, 0.2) is 0 Å². The molecule has 0 nitrogen and oxygen atoms in total. The molecule has 0 saturated heterocycles. The maximum absolute atomic E-state index is 2.20. The molecule has 0 bridgehead atoms. The van der Waals surface area contributed by atoms with Crippen LogP contribution in [0, 0.1) is 5.92 Å². The Bertz CT molecular complexity index is 197. The van der Waals surface area contributed by atoms with Gasteiger partial charge in [-0.25, -0.2) is 0 Å². The van der Waals surface area contributed by atoms with Crippen LogP contribution in [0.4, 0.5) is 0 Å². The molecule has 1 rings (SSSR count). The fourth-order valence-corrected chi connectivity index (χ4v) is 1.41. The Labute approximate surface area is 83.1 Å². The van der Waals surface area contributed by atoms with Gasteiger partial charge >= 0.3 is 20.1 Å². The summed E-state index contributed by atoms with van der Waals surface area (Å²) in [6.45, 7) is 11.0. The fourth-order valence-electron chi connectivity index (χ4n) is 1.41. The van der Waals surface area contributed by atoms with E-state index in [0.29, 0.717) is 0 Å². The first-order valence-electron chi connectivity index (χ1n) is 3.75. The van der Waals surface area contributed by atoms with Crippen LogP contribution in [0.25, 0.3) is 0 Å². The van der Waals surface area contributed by atoms with Crippen LogP contribution in [0.1, 0.15) is 34.6 Å². The van der Waals surface area contributed by atoms with Crippen molar-refractivity contribution in [1.29, 1.82) is 0 Å². The molecular weight excluding hydrogens is 312 g/mol. The van der Waals surface area contributed by atoms with E-state index in [2.05, 4.69) is 34.6 Å². The van der Waals surface area contributed by atoms with Gasteiger partial charge in [-0.2, -0.15) is 0 Å². The quantitative estimate of drug-likeness (QED) is 0.640. The van der Waals surface area contributed by atoms with Gasteiger partial charge in [0.2, 0.25) is 0 Å². The maximum atomic E-state index is 2.20. The Kier molecular flexibility index (Phi) is 3.73. The van der Waals surface area contributed by atoms with Crippen molar-refractivity contribution in [1.82, 2.24) is 0 Å². The fraction of sp³-hybridized carbons (Fsp3) is 0.500. The minimum atomic E-state index is 0. The molecule has 0 N–H and O–H groups in total. The van der Waals surface area contributed by atoms with Crippen molar-refractivity contribution >= 4 is 0 Å². The predicted octanol–water partition coefficient (Wildman–Crippen LogP) is 2.46. The van der Waals surface area contributed by atoms with Crippen LogP contribution in [-0.2, 0) is 20.1 Å². The van der Waals surface area contributed by atoms with Gasteiger partial charge in [0.1, 0.15) is 0 Å². The summed E-state index contributed by atoms with van der Waals surface area (Å²) in [5.74, 6) is 1.47. The zero-order valence-corrected chi connectivity index (χ0v) is 10.8. The third-order valence-corrected chi connectivity index (χ3v) is 2.81. The van der Waals surface area contributed by atoms with E-state index in [1.807, 2.05) is 0 Å². The van der Waals surface area contributed by atoms with E-state index in [0.717, 1.165) is 0 Å². The molecule has 67 valence electrons. The number of allylic oxidation sites excluding steroid dienone is 4. The van der Waals surface area contributed by atoms with Gasteiger partial charge in [0.25, 0.3) is 0 Å². The van der Waals surface area contributed by atoms with Crippen molar-refractivity contribution in [2.75, 3.05) is 0 Å². The third-order valence-electron chi connectivity index (χ3n) is 2.81. The first kappa shape index (κ1) is 11.1. The summed E-state index contributed by atoms with van der Waals surface area (Å²) < 4.78 is 0. The van der Waals surface area contributed by atoms with E-state index < -0.39 is 0 Å². The monoisotopic (exact) mass is 331 g/mol. The molecule has 0 spiro atoms. The molecule has 0 aromatic heterocycles. The van der Waals surface area contributed by atoms with Gasteiger partial charge in [0.05, 0.1) is 0 Å². The number of hydrogen-bond acceptors (Lipinski definition) is 0. The van der Waals surface area contributed by atoms with Gasteiger partial charge in [-0.15, -0.1) is 0 Å². The molecule has 0 unspecified atom stereocenters. The molecule has 0 amide bonds. The number of hydrogen-bond donors (Lipinski definition) is 0. The summed E-state index contributed by atoms with van der Waals surface area (Å²) in [5.41, 5.74) is 5.87. The van der Waals surface area contributed by atoms with E-state index in [1.54, 1.807) is 0 Å². The topological polar surface area (TPSA) is 0 Å². The molecule has 1 aliphatic carbocycles. The second-order valence-corrected chi connectivity index (χ2v) is 3.12. The van der Waals surface area contributed by atoms with E-state index >= 15 is 0 Å². The van der Waals surface area contributed by atoms with Gasteiger partial charge in [-0.1, -0.05) is 18.1 Å². The Morgan fingerprint density at radius 3 is 0.909 bits per heavy atom. The van der Waals surface area contributed by atoms with Crippen LogP contribution in [0.3, 0.4) is 0 Å². The summed E-state index contributed by atoms with van der Waals surface area (Å²) in [6.07, 6.45) is 0. The first-order chi connectivity index (χ1) is 4.55. The molecule has 0 fully saturated rings. The SMILES string of the molecule is C[C]1C(C)=C(C)C(C)=C1C.[IrH3]. The van der Waals surface area contributed by atoms with Crippen LogP contribution in [0.5, 0.6) is 0 Å². The number of rotatable bonds is 0. The summed E-state index contributed by atoms with van der Waals surface area (Å²) in [4.78, 5) is 0. The summed E-state index contributed by atoms with van der Waals surface area (Å²) >= 11 is 0. The van der Waals surface area contributed by atoms with E-state index in [1.165, 1.54) is 28.2 Å². The Hall–Kier alpha value is 0.129. The Morgan fingerprint density at radius 2 is 0.818 bits per heavy atom. The zero-order valence-electron chi connectivity index (χ0n) is 7.91. The minimum absolute atomic E-state index is 0. The average Bonchev–Trinajstić information content (AvgIpc) is 2.07. The summed E-state index contributed by atoms with van der Waals surface area (Å²) in [5, 5.41) is 0. The van der Waals surface area contributed by atoms with Crippen LogP contribution in [0.2, 0.25) is 0 Å². The van der Waals surface area contributed by atoms with Crippen molar-refractivity contribution in [3.05, 3.63) is 28.2 Å². The molecular formula is C10H18Ir. The van der Waals surface area contributed by atoms with Crippen molar-refractivity contribution in [2.45, 2.75) is 34.6 Å². The van der Waals surface area contributed by atoms with Gasteiger partial charge in [0, 0.05) is 5.92 Å². The van der Waals surface area contributed by atoms with Crippen molar-refractivity contribution in [2.24, 2.45) is 0 Å². The molecule has 1 aliphatic rings. The molecule has 0 aromatic carbocycles. The molecule has 1 heteroatoms.